The maximum atomic E-state index is 8.83. The van der Waals surface area contributed by atoms with E-state index in [1.54, 1.807) is 0 Å². The first-order valence-electron chi connectivity index (χ1n) is 7.10. The number of aryl methyl sites for hydroxylation is 1. The smallest absolute Gasteiger partial charge is 0.127 e. The van der Waals surface area contributed by atoms with E-state index in [4.69, 9.17) is 10.00 Å². The van der Waals surface area contributed by atoms with Crippen LogP contribution in [0.1, 0.15) is 11.1 Å². The molecule has 0 saturated heterocycles. The molecule has 0 atom stereocenters. The molecule has 0 aliphatic carbocycles. The second-order valence-electron chi connectivity index (χ2n) is 5.13. The quantitative estimate of drug-likeness (QED) is 0.652. The van der Waals surface area contributed by atoms with Crippen LogP contribution in [0.2, 0.25) is 0 Å². The van der Waals surface area contributed by atoms with Crippen molar-refractivity contribution in [1.82, 2.24) is 0 Å². The zero-order chi connectivity index (χ0) is 15.4. The molecule has 0 spiro atoms. The zero-order valence-electron chi connectivity index (χ0n) is 12.3. The Hall–Kier alpha value is -3.05. The highest BCUT2D eigenvalue weighted by Gasteiger charge is 2.01. The number of nitrogens with zero attached hydrogens (tertiary/aromatic N) is 1. The van der Waals surface area contributed by atoms with Crippen molar-refractivity contribution in [3.8, 4) is 28.7 Å². The second-order valence-corrected chi connectivity index (χ2v) is 5.13. The Kier molecular flexibility index (Phi) is 3.89. The summed E-state index contributed by atoms with van der Waals surface area (Å²) in [6, 6.07) is 25.6. The Labute approximate surface area is 130 Å². The number of rotatable bonds is 3. The first-order chi connectivity index (χ1) is 10.7. The normalized spacial score (nSPS) is 10.0. The Morgan fingerprint density at radius 2 is 1.14 bits per heavy atom. The molecule has 0 saturated carbocycles. The van der Waals surface area contributed by atoms with Crippen LogP contribution in [-0.4, -0.2) is 0 Å². The van der Waals surface area contributed by atoms with Gasteiger partial charge in [0.15, 0.2) is 0 Å². The Morgan fingerprint density at radius 1 is 0.682 bits per heavy atom. The molecule has 2 heteroatoms. The van der Waals surface area contributed by atoms with Gasteiger partial charge >= 0.3 is 0 Å². The molecule has 0 N–H and O–H groups in total. The lowest BCUT2D eigenvalue weighted by molar-refractivity contribution is 0.482. The molecule has 0 bridgehead atoms. The minimum Gasteiger partial charge on any atom is -0.457 e. The third-order valence-corrected chi connectivity index (χ3v) is 3.46. The molecule has 0 aliphatic heterocycles. The van der Waals surface area contributed by atoms with E-state index in [9.17, 15) is 0 Å². The van der Waals surface area contributed by atoms with Crippen LogP contribution in [0.25, 0.3) is 11.1 Å². The number of benzene rings is 3. The summed E-state index contributed by atoms with van der Waals surface area (Å²) < 4.78 is 5.82. The number of hydrogen-bond donors (Lipinski definition) is 0. The van der Waals surface area contributed by atoms with E-state index in [-0.39, 0.29) is 0 Å². The largest absolute Gasteiger partial charge is 0.457 e. The molecule has 0 radical (unpaired) electrons. The predicted molar refractivity (Wildman–Crippen MR) is 87.8 cm³/mol. The van der Waals surface area contributed by atoms with Crippen molar-refractivity contribution in [2.45, 2.75) is 6.92 Å². The summed E-state index contributed by atoms with van der Waals surface area (Å²) in [5.74, 6) is 1.64. The Bertz CT molecular complexity index is 794. The lowest BCUT2D eigenvalue weighted by atomic mass is 10.0. The van der Waals surface area contributed by atoms with E-state index < -0.39 is 0 Å². The van der Waals surface area contributed by atoms with E-state index in [1.807, 2.05) is 72.8 Å². The molecule has 0 unspecified atom stereocenters. The van der Waals surface area contributed by atoms with Crippen LogP contribution < -0.4 is 4.74 Å². The van der Waals surface area contributed by atoms with Crippen LogP contribution in [0.4, 0.5) is 0 Å². The van der Waals surface area contributed by atoms with Crippen molar-refractivity contribution < 1.29 is 4.74 Å². The Morgan fingerprint density at radius 3 is 1.64 bits per heavy atom. The first-order valence-corrected chi connectivity index (χ1v) is 7.10. The number of hydrogen-bond acceptors (Lipinski definition) is 2. The van der Waals surface area contributed by atoms with Gasteiger partial charge in [-0.3, -0.25) is 0 Å². The van der Waals surface area contributed by atoms with Crippen LogP contribution in [0.15, 0.2) is 72.8 Å². The van der Waals surface area contributed by atoms with Crippen molar-refractivity contribution in [3.63, 3.8) is 0 Å². The van der Waals surface area contributed by atoms with Gasteiger partial charge in [-0.25, -0.2) is 0 Å². The topological polar surface area (TPSA) is 33.0 Å². The van der Waals surface area contributed by atoms with Gasteiger partial charge in [0.2, 0.25) is 0 Å². The lowest BCUT2D eigenvalue weighted by Crippen LogP contribution is -1.85. The molecular formula is C20H15NO. The van der Waals surface area contributed by atoms with Crippen molar-refractivity contribution >= 4 is 0 Å². The number of ether oxygens (including phenoxy) is 1. The van der Waals surface area contributed by atoms with Gasteiger partial charge < -0.3 is 4.74 Å². The highest BCUT2D eigenvalue weighted by atomic mass is 16.5. The molecule has 3 rings (SSSR count). The van der Waals surface area contributed by atoms with Crippen LogP contribution in [-0.2, 0) is 0 Å². The monoisotopic (exact) mass is 285 g/mol. The van der Waals surface area contributed by atoms with Gasteiger partial charge in [-0.1, -0.05) is 42.0 Å². The average molecular weight is 285 g/mol. The molecule has 106 valence electrons. The molecular weight excluding hydrogens is 270 g/mol. The highest BCUT2D eigenvalue weighted by Crippen LogP contribution is 2.26. The zero-order valence-corrected chi connectivity index (χ0v) is 12.3. The molecule has 0 aromatic heterocycles. The third kappa shape index (κ3) is 3.16. The lowest BCUT2D eigenvalue weighted by Gasteiger charge is -2.07. The van der Waals surface area contributed by atoms with E-state index >= 15 is 0 Å². The van der Waals surface area contributed by atoms with E-state index in [1.165, 1.54) is 5.56 Å². The summed E-state index contributed by atoms with van der Waals surface area (Å²) >= 11 is 0. The maximum absolute atomic E-state index is 8.83. The highest BCUT2D eigenvalue weighted by molar-refractivity contribution is 5.65. The van der Waals surface area contributed by atoms with Crippen LogP contribution in [0, 0.1) is 18.3 Å². The second kappa shape index (κ2) is 6.15. The molecule has 22 heavy (non-hydrogen) atoms. The van der Waals surface area contributed by atoms with Gasteiger partial charge in [-0.05, 0) is 54.4 Å². The van der Waals surface area contributed by atoms with Gasteiger partial charge in [-0.15, -0.1) is 0 Å². The maximum Gasteiger partial charge on any atom is 0.127 e. The van der Waals surface area contributed by atoms with Crippen molar-refractivity contribution in [2.24, 2.45) is 0 Å². The van der Waals surface area contributed by atoms with E-state index in [2.05, 4.69) is 13.0 Å². The average Bonchev–Trinajstić information content (AvgIpc) is 2.58. The van der Waals surface area contributed by atoms with Gasteiger partial charge in [0, 0.05) is 0 Å². The van der Waals surface area contributed by atoms with Gasteiger partial charge in [0.05, 0.1) is 11.6 Å². The van der Waals surface area contributed by atoms with Crippen LogP contribution in [0.3, 0.4) is 0 Å². The van der Waals surface area contributed by atoms with Gasteiger partial charge in [-0.2, -0.15) is 5.26 Å². The fourth-order valence-corrected chi connectivity index (χ4v) is 2.20. The van der Waals surface area contributed by atoms with Crippen molar-refractivity contribution in [2.75, 3.05) is 0 Å². The summed E-state index contributed by atoms with van der Waals surface area (Å²) in [6.45, 7) is 2.05. The standard InChI is InChI=1S/C20H15NO/c1-15-2-10-19(11-3-15)22-20-12-8-18(9-13-20)17-6-4-16(14-21)5-7-17/h2-13H,1H3. The third-order valence-electron chi connectivity index (χ3n) is 3.46. The molecule has 0 aliphatic rings. The SMILES string of the molecule is Cc1ccc(Oc2ccc(-c3ccc(C#N)cc3)cc2)cc1. The molecule has 0 heterocycles. The fraction of sp³-hybridized carbons (Fsp3) is 0.0500. The van der Waals surface area contributed by atoms with E-state index in [0.29, 0.717) is 5.56 Å². The molecule has 2 nitrogen and oxygen atoms in total. The first kappa shape index (κ1) is 13.9. The molecule has 0 amide bonds. The van der Waals surface area contributed by atoms with Gasteiger partial charge in [0.1, 0.15) is 11.5 Å². The van der Waals surface area contributed by atoms with E-state index in [0.717, 1.165) is 22.6 Å². The summed E-state index contributed by atoms with van der Waals surface area (Å²) in [5.41, 5.74) is 4.06. The minimum atomic E-state index is 0.670. The molecule has 3 aromatic carbocycles. The summed E-state index contributed by atoms with van der Waals surface area (Å²) in [6.07, 6.45) is 0. The summed E-state index contributed by atoms with van der Waals surface area (Å²) in [5, 5.41) is 8.83. The van der Waals surface area contributed by atoms with Crippen molar-refractivity contribution in [3.05, 3.63) is 83.9 Å². The van der Waals surface area contributed by atoms with Crippen LogP contribution >= 0.6 is 0 Å². The van der Waals surface area contributed by atoms with Crippen molar-refractivity contribution in [1.29, 1.82) is 5.26 Å². The van der Waals surface area contributed by atoms with Gasteiger partial charge in [0.25, 0.3) is 0 Å². The Balaban J connectivity index is 1.77. The summed E-state index contributed by atoms with van der Waals surface area (Å²) in [4.78, 5) is 0. The minimum absolute atomic E-state index is 0.670. The summed E-state index contributed by atoms with van der Waals surface area (Å²) in [7, 11) is 0. The number of nitriles is 1. The predicted octanol–water partition coefficient (Wildman–Crippen LogP) is 5.33. The fourth-order valence-electron chi connectivity index (χ4n) is 2.20. The molecule has 3 aromatic rings. The molecule has 0 fully saturated rings. The van der Waals surface area contributed by atoms with Crippen LogP contribution in [0.5, 0.6) is 11.5 Å².